The average Bonchev–Trinajstić information content (AvgIpc) is 3.18. The van der Waals surface area contributed by atoms with Gasteiger partial charge in [-0.1, -0.05) is 112 Å². The molecule has 4 aromatic carbocycles. The maximum absolute atomic E-state index is 14.0. The quantitative estimate of drug-likeness (QED) is 0.0930. The third kappa shape index (κ3) is 10.2. The topological polar surface area (TPSA) is 9.23 Å². The molecular formula is C48H54F4O. The zero-order valence-electron chi connectivity index (χ0n) is 31.4. The van der Waals surface area contributed by atoms with Crippen LogP contribution in [0.15, 0.2) is 97.1 Å². The number of hydrogen-bond acceptors (Lipinski definition) is 1. The Morgan fingerprint density at radius 2 is 0.849 bits per heavy atom. The minimum Gasteiger partial charge on any atom is -0.373 e. The molecule has 0 radical (unpaired) electrons. The number of benzene rings is 4. The second-order valence-electron chi connectivity index (χ2n) is 15.3. The van der Waals surface area contributed by atoms with E-state index in [9.17, 15) is 17.6 Å². The molecule has 5 heteroatoms. The lowest BCUT2D eigenvalue weighted by Gasteiger charge is -2.31. The van der Waals surface area contributed by atoms with E-state index in [-0.39, 0.29) is 0 Å². The van der Waals surface area contributed by atoms with Crippen LogP contribution in [0, 0.1) is 46.9 Å². The highest BCUT2D eigenvalue weighted by atomic mass is 19.2. The van der Waals surface area contributed by atoms with Crippen LogP contribution in [-0.2, 0) is 4.74 Å². The molecule has 0 aromatic heterocycles. The van der Waals surface area contributed by atoms with Crippen molar-refractivity contribution < 1.29 is 22.3 Å². The molecule has 0 bridgehead atoms. The van der Waals surface area contributed by atoms with Crippen molar-refractivity contribution in [1.29, 1.82) is 0 Å². The van der Waals surface area contributed by atoms with Gasteiger partial charge in [0.05, 0.1) is 13.2 Å². The molecular weight excluding hydrogens is 669 g/mol. The highest BCUT2D eigenvalue weighted by Gasteiger charge is 2.26. The molecule has 0 aliphatic heterocycles. The molecule has 0 heterocycles. The minimum absolute atomic E-state index is 0.457. The molecule has 280 valence electrons. The SMILES string of the molecule is CCCC1CCC(C(=CCOCC=C(c2ccc(-c3ccc(F)c(F)c3)cc2)C2CCC(CCC)CC2)c2ccc(-c3ccc(F)c(F)c3)cc2)CC1. The lowest BCUT2D eigenvalue weighted by molar-refractivity contribution is 0.193. The molecule has 0 N–H and O–H groups in total. The van der Waals surface area contributed by atoms with Crippen LogP contribution in [0.2, 0.25) is 0 Å². The standard InChI is InChI=1S/C48H54F4O/c1-3-5-33-7-11-37(12-8-33)43(39-19-15-35(16-20-39)41-23-25-45(49)47(51)31-41)27-29-53-30-28-44(38-13-9-34(6-4-2)10-14-38)40-21-17-36(18-22-40)42-24-26-46(50)48(52)32-42/h15-28,31-34,37-38H,3-14,29-30H2,1-2H3. The van der Waals surface area contributed by atoms with E-state index < -0.39 is 23.3 Å². The summed E-state index contributed by atoms with van der Waals surface area (Å²) in [5.41, 5.74) is 7.95. The van der Waals surface area contributed by atoms with E-state index in [1.807, 2.05) is 24.3 Å². The van der Waals surface area contributed by atoms with Crippen LogP contribution < -0.4 is 0 Å². The van der Waals surface area contributed by atoms with Gasteiger partial charge in [-0.05, 0) is 144 Å². The number of hydrogen-bond donors (Lipinski definition) is 0. The molecule has 0 amide bonds. The van der Waals surface area contributed by atoms with Crippen molar-refractivity contribution in [1.82, 2.24) is 0 Å². The molecule has 0 unspecified atom stereocenters. The number of halogens is 4. The molecule has 4 aromatic rings. The Balaban J connectivity index is 1.19. The fourth-order valence-corrected chi connectivity index (χ4v) is 8.81. The van der Waals surface area contributed by atoms with Crippen LogP contribution in [0.4, 0.5) is 17.6 Å². The molecule has 2 aliphatic carbocycles. The van der Waals surface area contributed by atoms with E-state index in [2.05, 4.69) is 50.3 Å². The summed E-state index contributed by atoms with van der Waals surface area (Å²) < 4.78 is 61.5. The van der Waals surface area contributed by atoms with Gasteiger partial charge < -0.3 is 4.74 Å². The van der Waals surface area contributed by atoms with E-state index in [0.717, 1.165) is 59.8 Å². The van der Waals surface area contributed by atoms with Gasteiger partial charge in [-0.3, -0.25) is 0 Å². The first kappa shape index (κ1) is 38.8. The van der Waals surface area contributed by atoms with Crippen molar-refractivity contribution in [2.24, 2.45) is 23.7 Å². The van der Waals surface area contributed by atoms with Gasteiger partial charge in [0.1, 0.15) is 0 Å². The van der Waals surface area contributed by atoms with E-state index in [1.54, 1.807) is 12.1 Å². The molecule has 2 aliphatic rings. The Kier molecular flexibility index (Phi) is 13.8. The van der Waals surface area contributed by atoms with Crippen molar-refractivity contribution in [3.63, 3.8) is 0 Å². The Labute approximate surface area is 314 Å². The summed E-state index contributed by atoms with van der Waals surface area (Å²) in [6, 6.07) is 24.5. The van der Waals surface area contributed by atoms with Gasteiger partial charge in [0.25, 0.3) is 0 Å². The Morgan fingerprint density at radius 3 is 1.19 bits per heavy atom. The summed E-state index contributed by atoms with van der Waals surface area (Å²) >= 11 is 0. The highest BCUT2D eigenvalue weighted by molar-refractivity contribution is 5.73. The lowest BCUT2D eigenvalue weighted by Crippen LogP contribution is -2.16. The van der Waals surface area contributed by atoms with E-state index in [4.69, 9.17) is 4.74 Å². The summed E-state index contributed by atoms with van der Waals surface area (Å²) in [7, 11) is 0. The van der Waals surface area contributed by atoms with Crippen LogP contribution >= 0.6 is 0 Å². The highest BCUT2D eigenvalue weighted by Crippen LogP contribution is 2.41. The largest absolute Gasteiger partial charge is 0.373 e. The number of rotatable bonds is 14. The average molecular weight is 723 g/mol. The zero-order chi connectivity index (χ0) is 37.2. The first-order chi connectivity index (χ1) is 25.8. The van der Waals surface area contributed by atoms with Gasteiger partial charge in [0.15, 0.2) is 23.3 Å². The molecule has 2 fully saturated rings. The third-order valence-corrected chi connectivity index (χ3v) is 11.8. The maximum Gasteiger partial charge on any atom is 0.159 e. The molecule has 0 atom stereocenters. The van der Waals surface area contributed by atoms with Gasteiger partial charge in [-0.15, -0.1) is 0 Å². The van der Waals surface area contributed by atoms with E-state index >= 15 is 0 Å². The summed E-state index contributed by atoms with van der Waals surface area (Å²) in [5, 5.41) is 0. The molecule has 53 heavy (non-hydrogen) atoms. The van der Waals surface area contributed by atoms with Crippen LogP contribution in [0.3, 0.4) is 0 Å². The minimum atomic E-state index is -0.840. The Morgan fingerprint density at radius 1 is 0.491 bits per heavy atom. The van der Waals surface area contributed by atoms with Crippen LogP contribution in [0.5, 0.6) is 0 Å². The molecule has 0 saturated heterocycles. The van der Waals surface area contributed by atoms with Crippen molar-refractivity contribution in [3.05, 3.63) is 131 Å². The van der Waals surface area contributed by atoms with Gasteiger partial charge in [0, 0.05) is 0 Å². The smallest absolute Gasteiger partial charge is 0.159 e. The molecule has 2 saturated carbocycles. The maximum atomic E-state index is 14.0. The van der Waals surface area contributed by atoms with Crippen LogP contribution in [-0.4, -0.2) is 13.2 Å². The molecule has 6 rings (SSSR count). The van der Waals surface area contributed by atoms with Gasteiger partial charge >= 0.3 is 0 Å². The monoisotopic (exact) mass is 722 g/mol. The fraction of sp³-hybridized carbons (Fsp3) is 0.417. The molecule has 0 spiro atoms. The second-order valence-corrected chi connectivity index (χ2v) is 15.3. The van der Waals surface area contributed by atoms with Crippen molar-refractivity contribution in [2.45, 2.75) is 90.9 Å². The van der Waals surface area contributed by atoms with Crippen LogP contribution in [0.1, 0.15) is 102 Å². The summed E-state index contributed by atoms with van der Waals surface area (Å²) in [6.45, 7) is 5.53. The number of ether oxygens (including phenoxy) is 1. The van der Waals surface area contributed by atoms with E-state index in [1.165, 1.54) is 86.8 Å². The summed E-state index contributed by atoms with van der Waals surface area (Å²) in [4.78, 5) is 0. The third-order valence-electron chi connectivity index (χ3n) is 11.8. The van der Waals surface area contributed by atoms with Crippen molar-refractivity contribution in [2.75, 3.05) is 13.2 Å². The number of allylic oxidation sites excluding steroid dienone is 2. The van der Waals surface area contributed by atoms with Gasteiger partial charge in [0.2, 0.25) is 0 Å². The predicted molar refractivity (Wildman–Crippen MR) is 211 cm³/mol. The van der Waals surface area contributed by atoms with Crippen molar-refractivity contribution in [3.8, 4) is 22.3 Å². The van der Waals surface area contributed by atoms with Crippen LogP contribution in [0.25, 0.3) is 33.4 Å². The summed E-state index contributed by atoms with van der Waals surface area (Å²) in [5.74, 6) is -0.841. The Hall–Kier alpha value is -3.96. The Bertz CT molecular complexity index is 1690. The molecule has 1 nitrogen and oxygen atoms in total. The zero-order valence-corrected chi connectivity index (χ0v) is 31.4. The predicted octanol–water partition coefficient (Wildman–Crippen LogP) is 14.3. The first-order valence-electron chi connectivity index (χ1n) is 19.9. The van der Waals surface area contributed by atoms with Crippen molar-refractivity contribution >= 4 is 11.1 Å². The van der Waals surface area contributed by atoms with Gasteiger partial charge in [-0.2, -0.15) is 0 Å². The van der Waals surface area contributed by atoms with Gasteiger partial charge in [-0.25, -0.2) is 17.6 Å². The van der Waals surface area contributed by atoms with E-state index in [0.29, 0.717) is 36.2 Å². The normalized spacial score (nSPS) is 21.2. The first-order valence-corrected chi connectivity index (χ1v) is 19.9. The second kappa shape index (κ2) is 18.9. The fourth-order valence-electron chi connectivity index (χ4n) is 8.81. The summed E-state index contributed by atoms with van der Waals surface area (Å²) in [6.07, 6.45) is 19.2. The lowest BCUT2D eigenvalue weighted by atomic mass is 9.75.